The van der Waals surface area contributed by atoms with E-state index < -0.39 is 0 Å². The van der Waals surface area contributed by atoms with Crippen LogP contribution in [-0.2, 0) is 0 Å². The third kappa shape index (κ3) is 3.66. The summed E-state index contributed by atoms with van der Waals surface area (Å²) in [5.74, 6) is 0. The lowest BCUT2D eigenvalue weighted by Crippen LogP contribution is -1.91. The van der Waals surface area contributed by atoms with Crippen LogP contribution in [0, 0.1) is 10.1 Å². The number of thiazole rings is 1. The highest BCUT2D eigenvalue weighted by Crippen LogP contribution is 2.37. The first-order valence-electron chi connectivity index (χ1n) is 11.9. The van der Waals surface area contributed by atoms with Crippen molar-refractivity contribution in [1.29, 1.82) is 0 Å². The standard InChI is InChI=1S/C31H19N3O2S/c35-34(36)29-12-5-4-11-23(29)22-10-6-9-20(15-22)21-13-14-26-24(16-21)25-17-30-28(18-27(25)32-26)33-31(37-30)19-7-2-1-3-8-19/h1-18,32H. The summed E-state index contributed by atoms with van der Waals surface area (Å²) in [7, 11) is 0. The first-order valence-corrected chi connectivity index (χ1v) is 12.7. The first kappa shape index (κ1) is 21.5. The molecule has 5 nitrogen and oxygen atoms in total. The van der Waals surface area contributed by atoms with Gasteiger partial charge in [-0.1, -0.05) is 66.7 Å². The van der Waals surface area contributed by atoms with Crippen molar-refractivity contribution in [3.05, 3.63) is 119 Å². The average Bonchev–Trinajstić information content (AvgIpc) is 3.52. The van der Waals surface area contributed by atoms with E-state index in [0.717, 1.165) is 59.3 Å². The Morgan fingerprint density at radius 1 is 0.676 bits per heavy atom. The number of hydrogen-bond donors (Lipinski definition) is 1. The van der Waals surface area contributed by atoms with Crippen molar-refractivity contribution in [2.45, 2.75) is 0 Å². The fraction of sp³-hybridized carbons (Fsp3) is 0. The number of nitro groups is 1. The molecule has 1 N–H and O–H groups in total. The number of aromatic nitrogens is 2. The van der Waals surface area contributed by atoms with E-state index in [9.17, 15) is 10.1 Å². The molecule has 0 aliphatic heterocycles. The van der Waals surface area contributed by atoms with Crippen molar-refractivity contribution < 1.29 is 4.92 Å². The number of nitro benzene ring substituents is 1. The van der Waals surface area contributed by atoms with Gasteiger partial charge < -0.3 is 4.98 Å². The maximum absolute atomic E-state index is 11.6. The van der Waals surface area contributed by atoms with Gasteiger partial charge in [-0.3, -0.25) is 10.1 Å². The molecule has 0 fully saturated rings. The molecule has 7 rings (SSSR count). The largest absolute Gasteiger partial charge is 0.354 e. The van der Waals surface area contributed by atoms with Crippen LogP contribution in [0.15, 0.2) is 109 Å². The predicted octanol–water partition coefficient (Wildman–Crippen LogP) is 8.84. The van der Waals surface area contributed by atoms with E-state index in [0.29, 0.717) is 5.56 Å². The van der Waals surface area contributed by atoms with Crippen LogP contribution in [0.3, 0.4) is 0 Å². The van der Waals surface area contributed by atoms with E-state index in [1.165, 1.54) is 0 Å². The van der Waals surface area contributed by atoms with Crippen molar-refractivity contribution in [1.82, 2.24) is 9.97 Å². The van der Waals surface area contributed by atoms with Crippen LogP contribution in [0.4, 0.5) is 5.69 Å². The maximum Gasteiger partial charge on any atom is 0.277 e. The third-order valence-corrected chi connectivity index (χ3v) is 7.80. The molecule has 6 heteroatoms. The van der Waals surface area contributed by atoms with Gasteiger partial charge in [-0.2, -0.15) is 0 Å². The molecular weight excluding hydrogens is 478 g/mol. The van der Waals surface area contributed by atoms with E-state index in [2.05, 4.69) is 47.4 Å². The van der Waals surface area contributed by atoms with Crippen molar-refractivity contribution >= 4 is 49.0 Å². The summed E-state index contributed by atoms with van der Waals surface area (Å²) < 4.78 is 1.15. The van der Waals surface area contributed by atoms with Gasteiger partial charge in [-0.25, -0.2) is 4.98 Å². The normalized spacial score (nSPS) is 11.5. The number of hydrogen-bond acceptors (Lipinski definition) is 4. The van der Waals surface area contributed by atoms with Crippen LogP contribution in [0.5, 0.6) is 0 Å². The average molecular weight is 498 g/mol. The first-order chi connectivity index (χ1) is 18.1. The Hall–Kier alpha value is -4.81. The fourth-order valence-electron chi connectivity index (χ4n) is 4.95. The second-order valence-corrected chi connectivity index (χ2v) is 10.0. The molecule has 0 radical (unpaired) electrons. The summed E-state index contributed by atoms with van der Waals surface area (Å²) in [5, 5.41) is 14.9. The highest BCUT2D eigenvalue weighted by Gasteiger charge is 2.15. The minimum atomic E-state index is -0.330. The summed E-state index contributed by atoms with van der Waals surface area (Å²) >= 11 is 1.70. The zero-order valence-electron chi connectivity index (χ0n) is 19.5. The molecule has 2 aromatic heterocycles. The highest BCUT2D eigenvalue weighted by atomic mass is 32.1. The predicted molar refractivity (Wildman–Crippen MR) is 152 cm³/mol. The van der Waals surface area contributed by atoms with Gasteiger partial charge in [0.1, 0.15) is 5.01 Å². The monoisotopic (exact) mass is 497 g/mol. The zero-order valence-corrected chi connectivity index (χ0v) is 20.3. The summed E-state index contributed by atoms with van der Waals surface area (Å²) in [5.41, 5.74) is 7.84. The van der Waals surface area contributed by atoms with E-state index >= 15 is 0 Å². The number of aromatic amines is 1. The lowest BCUT2D eigenvalue weighted by Gasteiger charge is -2.07. The number of nitrogens with zero attached hydrogens (tertiary/aromatic N) is 2. The van der Waals surface area contributed by atoms with Crippen LogP contribution in [-0.4, -0.2) is 14.9 Å². The van der Waals surface area contributed by atoms with Gasteiger partial charge in [0, 0.05) is 33.4 Å². The zero-order chi connectivity index (χ0) is 24.9. The molecule has 0 bridgehead atoms. The van der Waals surface area contributed by atoms with Crippen LogP contribution in [0.25, 0.3) is 64.8 Å². The van der Waals surface area contributed by atoms with Gasteiger partial charge in [-0.15, -0.1) is 11.3 Å². The molecule has 0 atom stereocenters. The fourth-order valence-corrected chi connectivity index (χ4v) is 5.94. The number of nitrogens with one attached hydrogen (secondary N) is 1. The molecular formula is C31H19N3O2S. The third-order valence-electron chi connectivity index (χ3n) is 6.74. The van der Waals surface area contributed by atoms with Gasteiger partial charge in [0.05, 0.1) is 20.7 Å². The quantitative estimate of drug-likeness (QED) is 0.195. The molecule has 37 heavy (non-hydrogen) atoms. The van der Waals surface area contributed by atoms with Gasteiger partial charge >= 0.3 is 0 Å². The number of H-pyrrole nitrogens is 1. The Labute approximate surface area is 215 Å². The molecule has 0 amide bonds. The van der Waals surface area contributed by atoms with Gasteiger partial charge in [0.2, 0.25) is 0 Å². The van der Waals surface area contributed by atoms with Gasteiger partial charge in [0.15, 0.2) is 0 Å². The van der Waals surface area contributed by atoms with E-state index in [1.54, 1.807) is 29.5 Å². The van der Waals surface area contributed by atoms with Crippen molar-refractivity contribution in [2.24, 2.45) is 0 Å². The van der Waals surface area contributed by atoms with Crippen LogP contribution in [0.2, 0.25) is 0 Å². The second-order valence-electron chi connectivity index (χ2n) is 8.99. The molecule has 2 heterocycles. The molecule has 5 aromatic carbocycles. The Kier molecular flexibility index (Phi) is 4.87. The number of fused-ring (bicyclic) bond motifs is 4. The van der Waals surface area contributed by atoms with Crippen LogP contribution in [0.1, 0.15) is 0 Å². The number of rotatable bonds is 4. The number of para-hydroxylation sites is 1. The van der Waals surface area contributed by atoms with Crippen LogP contribution >= 0.6 is 11.3 Å². The van der Waals surface area contributed by atoms with Crippen molar-refractivity contribution in [2.75, 3.05) is 0 Å². The minimum Gasteiger partial charge on any atom is -0.354 e. The van der Waals surface area contributed by atoms with Crippen molar-refractivity contribution in [3.63, 3.8) is 0 Å². The second kappa shape index (κ2) is 8.40. The Morgan fingerprint density at radius 2 is 1.41 bits per heavy atom. The molecule has 0 saturated carbocycles. The Morgan fingerprint density at radius 3 is 2.27 bits per heavy atom. The molecule has 0 unspecified atom stereocenters. The summed E-state index contributed by atoms with van der Waals surface area (Å²) in [6.45, 7) is 0. The number of benzene rings is 5. The topological polar surface area (TPSA) is 71.8 Å². The Balaban J connectivity index is 1.34. The summed E-state index contributed by atoms with van der Waals surface area (Å²) in [6, 6.07) is 35.8. The SMILES string of the molecule is O=[N+]([O-])c1ccccc1-c1cccc(-c2ccc3[nH]c4cc5nc(-c6ccccc6)sc5cc4c3c2)c1. The molecule has 0 saturated heterocycles. The summed E-state index contributed by atoms with van der Waals surface area (Å²) in [6.07, 6.45) is 0. The minimum absolute atomic E-state index is 0.107. The van der Waals surface area contributed by atoms with Gasteiger partial charge in [-0.05, 0) is 53.1 Å². The molecule has 7 aromatic rings. The Bertz CT molecular complexity index is 1970. The molecule has 0 aliphatic carbocycles. The molecule has 0 spiro atoms. The van der Waals surface area contributed by atoms with Crippen molar-refractivity contribution in [3.8, 4) is 32.8 Å². The molecule has 176 valence electrons. The highest BCUT2D eigenvalue weighted by molar-refractivity contribution is 7.21. The van der Waals surface area contributed by atoms with E-state index in [1.807, 2.05) is 48.5 Å². The van der Waals surface area contributed by atoms with Gasteiger partial charge in [0.25, 0.3) is 5.69 Å². The lowest BCUT2D eigenvalue weighted by atomic mass is 9.97. The van der Waals surface area contributed by atoms with E-state index in [-0.39, 0.29) is 10.6 Å². The smallest absolute Gasteiger partial charge is 0.277 e. The van der Waals surface area contributed by atoms with Crippen LogP contribution < -0.4 is 0 Å². The lowest BCUT2D eigenvalue weighted by molar-refractivity contribution is -0.384. The van der Waals surface area contributed by atoms with E-state index in [4.69, 9.17) is 4.98 Å². The maximum atomic E-state index is 11.6. The summed E-state index contributed by atoms with van der Waals surface area (Å²) in [4.78, 5) is 19.7. The molecule has 0 aliphatic rings.